The summed E-state index contributed by atoms with van der Waals surface area (Å²) in [6.45, 7) is 4.10. The van der Waals surface area contributed by atoms with Gasteiger partial charge in [-0.3, -0.25) is 4.79 Å². The molecule has 0 aliphatic heterocycles. The zero-order chi connectivity index (χ0) is 15.0. The molecule has 1 amide bonds. The highest BCUT2D eigenvalue weighted by Crippen LogP contribution is 2.16. The number of ether oxygens (including phenoxy) is 1. The van der Waals surface area contributed by atoms with E-state index in [-0.39, 0.29) is 24.6 Å². The van der Waals surface area contributed by atoms with Gasteiger partial charge >= 0.3 is 0 Å². The smallest absolute Gasteiger partial charge is 0.225 e. The van der Waals surface area contributed by atoms with Crippen LogP contribution in [0.3, 0.4) is 0 Å². The van der Waals surface area contributed by atoms with Gasteiger partial charge in [0.1, 0.15) is 5.75 Å². The van der Waals surface area contributed by atoms with Crippen molar-refractivity contribution in [2.75, 3.05) is 19.0 Å². The zero-order valence-corrected chi connectivity index (χ0v) is 12.3. The summed E-state index contributed by atoms with van der Waals surface area (Å²) < 4.78 is 5.11. The van der Waals surface area contributed by atoms with Crippen LogP contribution in [0.4, 0.5) is 5.69 Å². The highest BCUT2D eigenvalue weighted by Gasteiger charge is 2.12. The van der Waals surface area contributed by atoms with Crippen LogP contribution in [0.25, 0.3) is 0 Å². The third-order valence-corrected chi connectivity index (χ3v) is 2.98. The van der Waals surface area contributed by atoms with Crippen molar-refractivity contribution in [3.63, 3.8) is 0 Å². The van der Waals surface area contributed by atoms with Crippen molar-refractivity contribution in [2.24, 2.45) is 0 Å². The normalized spacial score (nSPS) is 13.6. The number of aliphatic hydroxyl groups excluding tert-OH is 1. The van der Waals surface area contributed by atoms with E-state index in [4.69, 9.17) is 9.84 Å². The monoisotopic (exact) mass is 280 g/mol. The van der Waals surface area contributed by atoms with E-state index in [9.17, 15) is 4.79 Å². The van der Waals surface area contributed by atoms with E-state index in [2.05, 4.69) is 10.6 Å². The lowest BCUT2D eigenvalue weighted by atomic mass is 10.1. The molecule has 1 aromatic carbocycles. The summed E-state index contributed by atoms with van der Waals surface area (Å²) in [6, 6.07) is 7.52. The standard InChI is InChI=1S/C15H24N2O3/c1-11(7-8-18)16-12(2)9-15(19)17-13-5-4-6-14(10-13)20-3/h4-6,10-12,16,18H,7-9H2,1-3H3,(H,17,19)/t11-,12?/m1/s1. The Labute approximate surface area is 120 Å². The van der Waals surface area contributed by atoms with Crippen molar-refractivity contribution in [2.45, 2.75) is 38.8 Å². The molecule has 0 heterocycles. The van der Waals surface area contributed by atoms with Gasteiger partial charge in [0.25, 0.3) is 0 Å². The number of rotatable bonds is 8. The van der Waals surface area contributed by atoms with Crippen molar-refractivity contribution < 1.29 is 14.6 Å². The number of nitrogens with one attached hydrogen (secondary N) is 2. The number of carbonyl (C=O) groups excluding carboxylic acids is 1. The molecule has 0 spiro atoms. The highest BCUT2D eigenvalue weighted by atomic mass is 16.5. The number of anilines is 1. The van der Waals surface area contributed by atoms with Crippen LogP contribution in [0, 0.1) is 0 Å². The first kappa shape index (κ1) is 16.5. The van der Waals surface area contributed by atoms with Crippen LogP contribution in [0.2, 0.25) is 0 Å². The Bertz CT molecular complexity index is 423. The van der Waals surface area contributed by atoms with Gasteiger partial charge in [0.05, 0.1) is 7.11 Å². The van der Waals surface area contributed by atoms with Gasteiger partial charge in [-0.05, 0) is 32.4 Å². The second-order valence-electron chi connectivity index (χ2n) is 4.97. The molecule has 0 aromatic heterocycles. The van der Waals surface area contributed by atoms with Crippen LogP contribution in [0.1, 0.15) is 26.7 Å². The maximum absolute atomic E-state index is 11.9. The van der Waals surface area contributed by atoms with Crippen molar-refractivity contribution in [1.29, 1.82) is 0 Å². The van der Waals surface area contributed by atoms with Crippen LogP contribution >= 0.6 is 0 Å². The van der Waals surface area contributed by atoms with E-state index in [0.717, 1.165) is 5.69 Å². The number of carbonyl (C=O) groups is 1. The molecule has 1 aromatic rings. The minimum absolute atomic E-state index is 0.0468. The van der Waals surface area contributed by atoms with Crippen molar-refractivity contribution in [3.05, 3.63) is 24.3 Å². The van der Waals surface area contributed by atoms with Crippen molar-refractivity contribution in [1.82, 2.24) is 5.32 Å². The summed E-state index contributed by atoms with van der Waals surface area (Å²) in [4.78, 5) is 11.9. The van der Waals surface area contributed by atoms with E-state index in [0.29, 0.717) is 18.6 Å². The summed E-state index contributed by atoms with van der Waals surface area (Å²) in [5.41, 5.74) is 0.727. The average molecular weight is 280 g/mol. The SMILES string of the molecule is COc1cccc(NC(=O)CC(C)N[C@H](C)CCO)c1. The number of amides is 1. The maximum atomic E-state index is 11.9. The Morgan fingerprint density at radius 1 is 1.35 bits per heavy atom. The van der Waals surface area contributed by atoms with E-state index in [1.54, 1.807) is 13.2 Å². The molecule has 5 nitrogen and oxygen atoms in total. The lowest BCUT2D eigenvalue weighted by molar-refractivity contribution is -0.116. The molecule has 1 rings (SSSR count). The van der Waals surface area contributed by atoms with E-state index in [1.807, 2.05) is 32.0 Å². The average Bonchev–Trinajstić information content (AvgIpc) is 2.38. The topological polar surface area (TPSA) is 70.6 Å². The van der Waals surface area contributed by atoms with Crippen molar-refractivity contribution in [3.8, 4) is 5.75 Å². The lowest BCUT2D eigenvalue weighted by Gasteiger charge is -2.19. The number of methoxy groups -OCH3 is 1. The molecule has 0 aliphatic rings. The lowest BCUT2D eigenvalue weighted by Crippen LogP contribution is -2.37. The fraction of sp³-hybridized carbons (Fsp3) is 0.533. The van der Waals surface area contributed by atoms with Gasteiger partial charge < -0.3 is 20.5 Å². The van der Waals surface area contributed by atoms with Crippen LogP contribution in [0.15, 0.2) is 24.3 Å². The Morgan fingerprint density at radius 3 is 2.75 bits per heavy atom. The Morgan fingerprint density at radius 2 is 2.10 bits per heavy atom. The van der Waals surface area contributed by atoms with E-state index < -0.39 is 0 Å². The molecule has 0 bridgehead atoms. The Balaban J connectivity index is 2.42. The third kappa shape index (κ3) is 6.04. The zero-order valence-electron chi connectivity index (χ0n) is 12.3. The fourth-order valence-corrected chi connectivity index (χ4v) is 2.01. The molecule has 2 atom stereocenters. The van der Waals surface area contributed by atoms with Crippen LogP contribution in [-0.2, 0) is 4.79 Å². The largest absolute Gasteiger partial charge is 0.497 e. The molecule has 3 N–H and O–H groups in total. The molecular formula is C15H24N2O3. The molecule has 112 valence electrons. The van der Waals surface area contributed by atoms with E-state index in [1.165, 1.54) is 0 Å². The second-order valence-corrected chi connectivity index (χ2v) is 4.97. The molecule has 0 radical (unpaired) electrons. The minimum atomic E-state index is -0.0468. The predicted octanol–water partition coefficient (Wildman–Crippen LogP) is 1.77. The van der Waals surface area contributed by atoms with Gasteiger partial charge in [0.15, 0.2) is 0 Å². The molecule has 0 aliphatic carbocycles. The maximum Gasteiger partial charge on any atom is 0.225 e. The van der Waals surface area contributed by atoms with Gasteiger partial charge in [-0.25, -0.2) is 0 Å². The molecule has 0 saturated carbocycles. The van der Waals surface area contributed by atoms with Gasteiger partial charge in [0, 0.05) is 36.9 Å². The summed E-state index contributed by atoms with van der Waals surface area (Å²) in [5, 5.41) is 15.0. The number of benzene rings is 1. The van der Waals surface area contributed by atoms with Crippen LogP contribution in [0.5, 0.6) is 5.75 Å². The van der Waals surface area contributed by atoms with Crippen LogP contribution in [-0.4, -0.2) is 36.8 Å². The summed E-state index contributed by atoms with van der Waals surface area (Å²) in [6.07, 6.45) is 1.06. The van der Waals surface area contributed by atoms with Gasteiger partial charge in [0.2, 0.25) is 5.91 Å². The van der Waals surface area contributed by atoms with Crippen LogP contribution < -0.4 is 15.4 Å². The molecule has 5 heteroatoms. The first-order valence-corrected chi connectivity index (χ1v) is 6.86. The van der Waals surface area contributed by atoms with Gasteiger partial charge in [-0.15, -0.1) is 0 Å². The Kier molecular flexibility index (Phi) is 7.04. The summed E-state index contributed by atoms with van der Waals surface area (Å²) >= 11 is 0. The predicted molar refractivity (Wildman–Crippen MR) is 80.0 cm³/mol. The molecule has 20 heavy (non-hydrogen) atoms. The third-order valence-electron chi connectivity index (χ3n) is 2.98. The molecule has 0 saturated heterocycles. The first-order valence-electron chi connectivity index (χ1n) is 6.86. The Hall–Kier alpha value is -1.59. The minimum Gasteiger partial charge on any atom is -0.497 e. The van der Waals surface area contributed by atoms with Crippen molar-refractivity contribution >= 4 is 11.6 Å². The number of hydrogen-bond acceptors (Lipinski definition) is 4. The molecule has 0 fully saturated rings. The second kappa shape index (κ2) is 8.55. The summed E-state index contributed by atoms with van der Waals surface area (Å²) in [5.74, 6) is 0.667. The quantitative estimate of drug-likeness (QED) is 0.679. The summed E-state index contributed by atoms with van der Waals surface area (Å²) in [7, 11) is 1.59. The number of aliphatic hydroxyl groups is 1. The number of hydrogen-bond donors (Lipinski definition) is 3. The fourth-order valence-electron chi connectivity index (χ4n) is 2.01. The van der Waals surface area contributed by atoms with E-state index >= 15 is 0 Å². The first-order chi connectivity index (χ1) is 9.55. The highest BCUT2D eigenvalue weighted by molar-refractivity contribution is 5.91. The van der Waals surface area contributed by atoms with Gasteiger partial charge in [-0.2, -0.15) is 0 Å². The van der Waals surface area contributed by atoms with Gasteiger partial charge in [-0.1, -0.05) is 6.07 Å². The molecule has 1 unspecified atom stereocenters. The molecular weight excluding hydrogens is 256 g/mol.